The fourth-order valence-corrected chi connectivity index (χ4v) is 5.92. The first kappa shape index (κ1) is 21.6. The van der Waals surface area contributed by atoms with Gasteiger partial charge in [-0.3, -0.25) is 4.79 Å². The van der Waals surface area contributed by atoms with Crippen LogP contribution < -0.4 is 5.32 Å². The molecular weight excluding hydrogens is 398 g/mol. The van der Waals surface area contributed by atoms with Crippen LogP contribution in [0.5, 0.6) is 0 Å². The quantitative estimate of drug-likeness (QED) is 0.757. The summed E-state index contributed by atoms with van der Waals surface area (Å²) in [4.78, 5) is 12.6. The highest BCUT2D eigenvalue weighted by Gasteiger charge is 2.37. The predicted octanol–water partition coefficient (Wildman–Crippen LogP) is 3.18. The van der Waals surface area contributed by atoms with Crippen molar-refractivity contribution >= 4 is 27.7 Å². The van der Waals surface area contributed by atoms with E-state index in [1.807, 2.05) is 12.1 Å². The maximum Gasteiger partial charge on any atom is 0.281 e. The number of benzene rings is 1. The maximum atomic E-state index is 13.1. The molecule has 156 valence electrons. The zero-order valence-corrected chi connectivity index (χ0v) is 18.0. The summed E-state index contributed by atoms with van der Waals surface area (Å²) in [5.41, 5.74) is 0.968. The highest BCUT2D eigenvalue weighted by Crippen LogP contribution is 2.27. The number of amides is 1. The highest BCUT2D eigenvalue weighted by atomic mass is 35.5. The van der Waals surface area contributed by atoms with Gasteiger partial charge in [0.15, 0.2) is 0 Å². The first-order chi connectivity index (χ1) is 13.4. The molecule has 3 rings (SSSR count). The van der Waals surface area contributed by atoms with Gasteiger partial charge in [-0.15, -0.1) is 0 Å². The molecule has 1 saturated heterocycles. The minimum Gasteiger partial charge on any atom is -0.352 e. The molecule has 1 unspecified atom stereocenters. The number of rotatable bonds is 6. The summed E-state index contributed by atoms with van der Waals surface area (Å²) in [5, 5.41) is 3.59. The number of nitrogens with one attached hydrogen (secondary N) is 1. The average molecular weight is 428 g/mol. The summed E-state index contributed by atoms with van der Waals surface area (Å²) < 4.78 is 29.2. The molecule has 1 N–H and O–H groups in total. The first-order valence-corrected chi connectivity index (χ1v) is 11.9. The summed E-state index contributed by atoms with van der Waals surface area (Å²) in [5.74, 6) is -0.397. The predicted molar refractivity (Wildman–Crippen MR) is 111 cm³/mol. The van der Waals surface area contributed by atoms with E-state index in [-0.39, 0.29) is 24.4 Å². The van der Waals surface area contributed by atoms with Gasteiger partial charge >= 0.3 is 0 Å². The lowest BCUT2D eigenvalue weighted by molar-refractivity contribution is -0.126. The van der Waals surface area contributed by atoms with Gasteiger partial charge in [0, 0.05) is 37.7 Å². The lowest BCUT2D eigenvalue weighted by atomic mass is 9.96. The molecule has 0 bridgehead atoms. The van der Waals surface area contributed by atoms with Gasteiger partial charge in [-0.2, -0.15) is 17.0 Å². The molecule has 2 fully saturated rings. The fourth-order valence-electron chi connectivity index (χ4n) is 4.12. The van der Waals surface area contributed by atoms with Gasteiger partial charge in [0.1, 0.15) is 0 Å². The summed E-state index contributed by atoms with van der Waals surface area (Å²) in [6, 6.07) is 7.41. The Bertz CT molecular complexity index is 763. The van der Waals surface area contributed by atoms with Crippen molar-refractivity contribution < 1.29 is 13.2 Å². The maximum absolute atomic E-state index is 13.1. The van der Waals surface area contributed by atoms with Crippen molar-refractivity contribution in [1.29, 1.82) is 0 Å². The molecule has 2 aliphatic rings. The Kier molecular flexibility index (Phi) is 7.36. The topological polar surface area (TPSA) is 69.7 Å². The minimum absolute atomic E-state index is 0.0813. The molecule has 1 aliphatic heterocycles. The Morgan fingerprint density at radius 2 is 1.82 bits per heavy atom. The van der Waals surface area contributed by atoms with E-state index in [0.717, 1.165) is 31.2 Å². The zero-order valence-electron chi connectivity index (χ0n) is 16.4. The van der Waals surface area contributed by atoms with Crippen molar-refractivity contribution in [2.75, 3.05) is 20.1 Å². The van der Waals surface area contributed by atoms with Crippen LogP contribution in [0, 0.1) is 5.92 Å². The van der Waals surface area contributed by atoms with Gasteiger partial charge in [0.05, 0.1) is 5.92 Å². The van der Waals surface area contributed by atoms with Gasteiger partial charge < -0.3 is 5.32 Å². The number of piperidine rings is 1. The van der Waals surface area contributed by atoms with E-state index in [1.54, 1.807) is 23.5 Å². The van der Waals surface area contributed by atoms with E-state index < -0.39 is 10.2 Å². The number of carbonyl (C=O) groups excluding carboxylic acids is 1. The summed E-state index contributed by atoms with van der Waals surface area (Å²) in [7, 11) is -1.84. The minimum atomic E-state index is -3.53. The molecule has 1 saturated carbocycles. The van der Waals surface area contributed by atoms with E-state index in [4.69, 9.17) is 11.6 Å². The fraction of sp³-hybridized carbons (Fsp3) is 0.650. The molecule has 1 amide bonds. The molecule has 0 spiro atoms. The van der Waals surface area contributed by atoms with Crippen LogP contribution >= 0.6 is 11.6 Å². The third kappa shape index (κ3) is 5.26. The van der Waals surface area contributed by atoms with Crippen LogP contribution in [0.3, 0.4) is 0 Å². The van der Waals surface area contributed by atoms with E-state index in [9.17, 15) is 13.2 Å². The van der Waals surface area contributed by atoms with Crippen molar-refractivity contribution in [3.8, 4) is 0 Å². The molecule has 0 radical (unpaired) electrons. The van der Waals surface area contributed by atoms with Gasteiger partial charge in [0.25, 0.3) is 10.2 Å². The third-order valence-electron chi connectivity index (χ3n) is 5.91. The van der Waals surface area contributed by atoms with Gasteiger partial charge in [0.2, 0.25) is 5.91 Å². The second kappa shape index (κ2) is 9.57. The Morgan fingerprint density at radius 3 is 2.50 bits per heavy atom. The highest BCUT2D eigenvalue weighted by molar-refractivity contribution is 7.86. The molecule has 0 aromatic heterocycles. The normalized spacial score (nSPS) is 22.3. The van der Waals surface area contributed by atoms with Gasteiger partial charge in [-0.1, -0.05) is 43.0 Å². The van der Waals surface area contributed by atoms with E-state index in [0.29, 0.717) is 31.0 Å². The average Bonchev–Trinajstić information content (AvgIpc) is 2.73. The second-order valence-electron chi connectivity index (χ2n) is 7.86. The van der Waals surface area contributed by atoms with Crippen LogP contribution in [-0.4, -0.2) is 49.1 Å². The van der Waals surface area contributed by atoms with Crippen LogP contribution in [0.2, 0.25) is 5.02 Å². The van der Waals surface area contributed by atoms with Crippen molar-refractivity contribution in [2.24, 2.45) is 5.92 Å². The monoisotopic (exact) mass is 427 g/mol. The lowest BCUT2D eigenvalue weighted by Gasteiger charge is -2.37. The summed E-state index contributed by atoms with van der Waals surface area (Å²) >= 11 is 5.88. The molecule has 6 nitrogen and oxygen atoms in total. The van der Waals surface area contributed by atoms with Crippen molar-refractivity contribution in [1.82, 2.24) is 13.9 Å². The molecule has 1 aromatic carbocycles. The molecule has 1 aromatic rings. The molecular formula is C20H30ClN3O3S. The second-order valence-corrected chi connectivity index (χ2v) is 10.3. The van der Waals surface area contributed by atoms with Crippen molar-refractivity contribution in [2.45, 2.75) is 57.5 Å². The van der Waals surface area contributed by atoms with Crippen LogP contribution in [0.15, 0.2) is 24.3 Å². The van der Waals surface area contributed by atoms with Crippen molar-refractivity contribution in [3.63, 3.8) is 0 Å². The van der Waals surface area contributed by atoms with Crippen LogP contribution in [0.25, 0.3) is 0 Å². The van der Waals surface area contributed by atoms with Crippen LogP contribution in [0.4, 0.5) is 0 Å². The number of nitrogens with zero attached hydrogens (tertiary/aromatic N) is 2. The Morgan fingerprint density at radius 1 is 1.14 bits per heavy atom. The SMILES string of the molecule is CN(C1CCCCC1)S(=O)(=O)N1CCCC(C(=O)NCc2ccc(Cl)cc2)C1. The molecule has 8 heteroatoms. The standard InChI is InChI=1S/C20H30ClN3O3S/c1-23(19-7-3-2-4-8-19)28(26,27)24-13-5-6-17(15-24)20(25)22-14-16-9-11-18(21)12-10-16/h9-12,17,19H,2-8,13-15H2,1H3,(H,22,25). The zero-order chi connectivity index (χ0) is 20.1. The number of hydrogen-bond donors (Lipinski definition) is 1. The van der Waals surface area contributed by atoms with Gasteiger partial charge in [-0.05, 0) is 43.4 Å². The molecule has 1 aliphatic carbocycles. The lowest BCUT2D eigenvalue weighted by Crippen LogP contribution is -2.52. The molecule has 1 atom stereocenters. The summed E-state index contributed by atoms with van der Waals surface area (Å²) in [6.45, 7) is 1.16. The van der Waals surface area contributed by atoms with Gasteiger partial charge in [-0.25, -0.2) is 0 Å². The smallest absolute Gasteiger partial charge is 0.281 e. The largest absolute Gasteiger partial charge is 0.352 e. The Labute approximate surface area is 173 Å². The first-order valence-electron chi connectivity index (χ1n) is 10.1. The van der Waals surface area contributed by atoms with Crippen molar-refractivity contribution in [3.05, 3.63) is 34.9 Å². The van der Waals surface area contributed by atoms with E-state index in [2.05, 4.69) is 5.32 Å². The third-order valence-corrected chi connectivity index (χ3v) is 8.18. The number of hydrogen-bond acceptors (Lipinski definition) is 3. The summed E-state index contributed by atoms with van der Waals surface area (Å²) in [6.07, 6.45) is 6.62. The Balaban J connectivity index is 1.57. The van der Waals surface area contributed by atoms with Crippen LogP contribution in [-0.2, 0) is 21.5 Å². The molecule has 1 heterocycles. The molecule has 28 heavy (non-hydrogen) atoms. The number of halogens is 1. The number of carbonyl (C=O) groups is 1. The van der Waals surface area contributed by atoms with E-state index in [1.165, 1.54) is 10.7 Å². The van der Waals surface area contributed by atoms with E-state index >= 15 is 0 Å². The van der Waals surface area contributed by atoms with Crippen LogP contribution in [0.1, 0.15) is 50.5 Å². The Hall–Kier alpha value is -1.15.